The number of amides is 2. The van der Waals surface area contributed by atoms with E-state index in [1.54, 1.807) is 24.3 Å². The molecule has 6 heteroatoms. The Balaban J connectivity index is 2.12. The van der Waals surface area contributed by atoms with Crippen LogP contribution in [0.2, 0.25) is 0 Å². The van der Waals surface area contributed by atoms with Gasteiger partial charge in [0.15, 0.2) is 0 Å². The van der Waals surface area contributed by atoms with Gasteiger partial charge in [-0.05, 0) is 19.1 Å². The third-order valence-corrected chi connectivity index (χ3v) is 2.80. The molecule has 94 valence electrons. The first-order chi connectivity index (χ1) is 8.52. The van der Waals surface area contributed by atoms with Gasteiger partial charge >= 0.3 is 5.97 Å². The van der Waals surface area contributed by atoms with Gasteiger partial charge in [-0.2, -0.15) is 0 Å². The average Bonchev–Trinajstić information content (AvgIpc) is 2.60. The summed E-state index contributed by atoms with van der Waals surface area (Å²) in [7, 11) is 0. The van der Waals surface area contributed by atoms with Gasteiger partial charge in [-0.1, -0.05) is 12.1 Å². The minimum absolute atomic E-state index is 0.111. The SMILES string of the molecule is CC(NCN1C(=O)c2ccccc2C1=O)C(=O)O. The fourth-order valence-electron chi connectivity index (χ4n) is 1.70. The summed E-state index contributed by atoms with van der Waals surface area (Å²) < 4.78 is 0. The second-order valence-corrected chi connectivity index (χ2v) is 4.01. The highest BCUT2D eigenvalue weighted by Gasteiger charge is 2.35. The van der Waals surface area contributed by atoms with Crippen LogP contribution in [0, 0.1) is 0 Å². The number of nitrogens with one attached hydrogen (secondary N) is 1. The molecule has 6 nitrogen and oxygen atoms in total. The summed E-state index contributed by atoms with van der Waals surface area (Å²) >= 11 is 0. The maximum atomic E-state index is 11.9. The van der Waals surface area contributed by atoms with E-state index in [0.717, 1.165) is 4.90 Å². The molecule has 0 fully saturated rings. The van der Waals surface area contributed by atoms with Gasteiger partial charge in [-0.15, -0.1) is 0 Å². The van der Waals surface area contributed by atoms with Gasteiger partial charge < -0.3 is 5.11 Å². The van der Waals surface area contributed by atoms with E-state index < -0.39 is 23.8 Å². The van der Waals surface area contributed by atoms with Gasteiger partial charge in [0.1, 0.15) is 6.04 Å². The van der Waals surface area contributed by atoms with E-state index in [1.165, 1.54) is 6.92 Å². The van der Waals surface area contributed by atoms with Crippen LogP contribution in [0.5, 0.6) is 0 Å². The molecule has 2 N–H and O–H groups in total. The van der Waals surface area contributed by atoms with Crippen molar-refractivity contribution in [2.45, 2.75) is 13.0 Å². The van der Waals surface area contributed by atoms with Crippen LogP contribution < -0.4 is 5.32 Å². The van der Waals surface area contributed by atoms with Crippen molar-refractivity contribution in [3.05, 3.63) is 35.4 Å². The minimum Gasteiger partial charge on any atom is -0.480 e. The van der Waals surface area contributed by atoms with Crippen molar-refractivity contribution in [3.8, 4) is 0 Å². The molecule has 0 bridgehead atoms. The standard InChI is InChI=1S/C12H12N2O4/c1-7(12(17)18)13-6-14-10(15)8-4-2-3-5-9(8)11(14)16/h2-5,7,13H,6H2,1H3,(H,17,18). The van der Waals surface area contributed by atoms with Gasteiger partial charge in [-0.25, -0.2) is 0 Å². The lowest BCUT2D eigenvalue weighted by atomic mass is 10.1. The zero-order chi connectivity index (χ0) is 13.3. The van der Waals surface area contributed by atoms with E-state index in [1.807, 2.05) is 0 Å². The van der Waals surface area contributed by atoms with Crippen molar-refractivity contribution in [1.29, 1.82) is 0 Å². The summed E-state index contributed by atoms with van der Waals surface area (Å²) in [4.78, 5) is 35.5. The molecule has 1 heterocycles. The molecule has 1 atom stereocenters. The molecule has 0 saturated carbocycles. The van der Waals surface area contributed by atoms with E-state index in [4.69, 9.17) is 5.11 Å². The second kappa shape index (κ2) is 4.58. The van der Waals surface area contributed by atoms with Gasteiger partial charge in [0, 0.05) is 0 Å². The van der Waals surface area contributed by atoms with E-state index in [0.29, 0.717) is 11.1 Å². The predicted molar refractivity (Wildman–Crippen MR) is 62.0 cm³/mol. The molecular weight excluding hydrogens is 236 g/mol. The van der Waals surface area contributed by atoms with E-state index in [-0.39, 0.29) is 6.67 Å². The molecule has 1 aliphatic rings. The van der Waals surface area contributed by atoms with Crippen molar-refractivity contribution in [3.63, 3.8) is 0 Å². The average molecular weight is 248 g/mol. The number of nitrogens with zero attached hydrogens (tertiary/aromatic N) is 1. The molecule has 0 aliphatic carbocycles. The lowest BCUT2D eigenvalue weighted by Crippen LogP contribution is -2.44. The third kappa shape index (κ3) is 1.98. The molecule has 1 unspecified atom stereocenters. The number of carbonyl (C=O) groups excluding carboxylic acids is 2. The van der Waals surface area contributed by atoms with Crippen LogP contribution in [0.15, 0.2) is 24.3 Å². The predicted octanol–water partition coefficient (Wildman–Crippen LogP) is 0.303. The zero-order valence-electron chi connectivity index (χ0n) is 9.71. The number of hydrogen-bond donors (Lipinski definition) is 2. The molecule has 2 rings (SSSR count). The fraction of sp³-hybridized carbons (Fsp3) is 0.250. The van der Waals surface area contributed by atoms with Crippen molar-refractivity contribution < 1.29 is 19.5 Å². The van der Waals surface area contributed by atoms with Crippen molar-refractivity contribution in [1.82, 2.24) is 10.2 Å². The number of hydrogen-bond acceptors (Lipinski definition) is 4. The highest BCUT2D eigenvalue weighted by molar-refractivity contribution is 6.21. The molecule has 1 aliphatic heterocycles. The van der Waals surface area contributed by atoms with E-state index in [9.17, 15) is 14.4 Å². The quantitative estimate of drug-likeness (QED) is 0.748. The monoisotopic (exact) mass is 248 g/mol. The molecule has 0 radical (unpaired) electrons. The minimum atomic E-state index is -1.04. The maximum absolute atomic E-state index is 11.9. The normalized spacial score (nSPS) is 15.7. The summed E-state index contributed by atoms with van der Waals surface area (Å²) in [5.74, 6) is -1.84. The summed E-state index contributed by atoms with van der Waals surface area (Å²) in [6.07, 6.45) is 0. The number of carbonyl (C=O) groups is 3. The van der Waals surface area contributed by atoms with Crippen LogP contribution in [-0.4, -0.2) is 40.5 Å². The first-order valence-corrected chi connectivity index (χ1v) is 5.44. The Labute approximate surface area is 103 Å². The molecule has 1 aromatic carbocycles. The number of imide groups is 1. The van der Waals surface area contributed by atoms with Crippen molar-refractivity contribution >= 4 is 17.8 Å². The number of aliphatic carboxylic acids is 1. The molecule has 18 heavy (non-hydrogen) atoms. The zero-order valence-corrected chi connectivity index (χ0v) is 9.71. The van der Waals surface area contributed by atoms with Gasteiger partial charge in [0.2, 0.25) is 0 Å². The number of benzene rings is 1. The Morgan fingerprint density at radius 3 is 2.22 bits per heavy atom. The lowest BCUT2D eigenvalue weighted by Gasteiger charge is -2.16. The Morgan fingerprint density at radius 1 is 1.28 bits per heavy atom. The number of rotatable bonds is 4. The fourth-order valence-corrected chi connectivity index (χ4v) is 1.70. The number of carboxylic acids is 1. The van der Waals surface area contributed by atoms with Crippen molar-refractivity contribution in [2.24, 2.45) is 0 Å². The molecule has 1 aromatic rings. The first-order valence-electron chi connectivity index (χ1n) is 5.44. The summed E-state index contributed by atoms with van der Waals surface area (Å²) in [6.45, 7) is 1.33. The molecular formula is C12H12N2O4. The highest BCUT2D eigenvalue weighted by Crippen LogP contribution is 2.21. The lowest BCUT2D eigenvalue weighted by molar-refractivity contribution is -0.139. The van der Waals surface area contributed by atoms with E-state index >= 15 is 0 Å². The van der Waals surface area contributed by atoms with E-state index in [2.05, 4.69) is 5.32 Å². The van der Waals surface area contributed by atoms with Crippen LogP contribution in [-0.2, 0) is 4.79 Å². The van der Waals surface area contributed by atoms with Crippen LogP contribution in [0.4, 0.5) is 0 Å². The van der Waals surface area contributed by atoms with Gasteiger partial charge in [0.05, 0.1) is 17.8 Å². The summed E-state index contributed by atoms with van der Waals surface area (Å²) in [5, 5.41) is 11.3. The highest BCUT2D eigenvalue weighted by atomic mass is 16.4. The summed E-state index contributed by atoms with van der Waals surface area (Å²) in [6, 6.07) is 5.70. The first kappa shape index (κ1) is 12.3. The molecule has 0 saturated heterocycles. The van der Waals surface area contributed by atoms with Crippen LogP contribution in [0.1, 0.15) is 27.6 Å². The third-order valence-electron chi connectivity index (χ3n) is 2.80. The Hall–Kier alpha value is -2.21. The molecule has 0 spiro atoms. The Morgan fingerprint density at radius 2 is 1.78 bits per heavy atom. The van der Waals surface area contributed by atoms with Crippen LogP contribution in [0.25, 0.3) is 0 Å². The Kier molecular flexibility index (Phi) is 3.12. The van der Waals surface area contributed by atoms with Crippen LogP contribution >= 0.6 is 0 Å². The number of fused-ring (bicyclic) bond motifs is 1. The maximum Gasteiger partial charge on any atom is 0.320 e. The van der Waals surface area contributed by atoms with Crippen molar-refractivity contribution in [2.75, 3.05) is 6.67 Å². The Bertz CT molecular complexity index is 492. The smallest absolute Gasteiger partial charge is 0.320 e. The van der Waals surface area contributed by atoms with Gasteiger partial charge in [-0.3, -0.25) is 24.6 Å². The second-order valence-electron chi connectivity index (χ2n) is 4.01. The molecule has 2 amide bonds. The molecule has 0 aromatic heterocycles. The van der Waals surface area contributed by atoms with Gasteiger partial charge in [0.25, 0.3) is 11.8 Å². The van der Waals surface area contributed by atoms with Crippen LogP contribution in [0.3, 0.4) is 0 Å². The number of carboxylic acid groups (broad SMARTS) is 1. The largest absolute Gasteiger partial charge is 0.480 e. The topological polar surface area (TPSA) is 86.7 Å². The summed E-state index contributed by atoms with van der Waals surface area (Å²) in [5.41, 5.74) is 0.708.